The van der Waals surface area contributed by atoms with Crippen LogP contribution in [0.2, 0.25) is 0 Å². The average molecular weight is 155 g/mol. The number of unbranched alkanes of at least 4 members (excludes halogenated alkanes) is 1. The van der Waals surface area contributed by atoms with Crippen molar-refractivity contribution < 1.29 is 4.79 Å². The van der Waals surface area contributed by atoms with E-state index >= 15 is 0 Å². The normalized spacial score (nSPS) is 25.5. The lowest BCUT2D eigenvalue weighted by Gasteiger charge is -2.20. The fraction of sp³-hybridized carbons (Fsp3) is 0.889. The summed E-state index contributed by atoms with van der Waals surface area (Å²) < 4.78 is 0. The van der Waals surface area contributed by atoms with Crippen LogP contribution < -0.4 is 5.32 Å². The molecular weight excluding hydrogens is 138 g/mol. The second-order valence-electron chi connectivity index (χ2n) is 3.26. The molecular formula is C9H17NO. The first-order valence-electron chi connectivity index (χ1n) is 4.58. The van der Waals surface area contributed by atoms with Crippen LogP contribution in [0.5, 0.6) is 0 Å². The lowest BCUT2D eigenvalue weighted by atomic mass is 9.93. The fourth-order valence-electron chi connectivity index (χ4n) is 1.52. The summed E-state index contributed by atoms with van der Waals surface area (Å²) in [5, 5.41) is 3.25. The zero-order chi connectivity index (χ0) is 8.10. The Kier molecular flexibility index (Phi) is 3.57. The molecule has 2 heteroatoms. The number of nitrogens with one attached hydrogen (secondary N) is 1. The van der Waals surface area contributed by atoms with Gasteiger partial charge in [-0.05, 0) is 6.42 Å². The number of rotatable bonds is 3. The van der Waals surface area contributed by atoms with Crippen LogP contribution in [0, 0.1) is 5.92 Å². The lowest BCUT2D eigenvalue weighted by Crippen LogP contribution is -2.36. The Labute approximate surface area is 68.4 Å². The van der Waals surface area contributed by atoms with Gasteiger partial charge in [-0.15, -0.1) is 0 Å². The van der Waals surface area contributed by atoms with Crippen molar-refractivity contribution in [3.05, 3.63) is 0 Å². The fourth-order valence-corrected chi connectivity index (χ4v) is 1.52. The summed E-state index contributed by atoms with van der Waals surface area (Å²) in [6, 6.07) is 0. The Balaban J connectivity index is 2.24. The predicted molar refractivity (Wildman–Crippen MR) is 45.5 cm³/mol. The van der Waals surface area contributed by atoms with Gasteiger partial charge < -0.3 is 5.32 Å². The van der Waals surface area contributed by atoms with Crippen LogP contribution in [0.1, 0.15) is 32.6 Å². The standard InChI is InChI=1S/C9H17NO/c1-2-3-4-8-7-10-6-5-9(8)11/h8,10H,2-7H2,1H3/t8-/m0/s1. The molecule has 64 valence electrons. The van der Waals surface area contributed by atoms with Crippen molar-refractivity contribution in [1.29, 1.82) is 0 Å². The van der Waals surface area contributed by atoms with Crippen molar-refractivity contribution in [3.63, 3.8) is 0 Å². The first-order valence-corrected chi connectivity index (χ1v) is 4.58. The van der Waals surface area contributed by atoms with E-state index in [0.29, 0.717) is 11.7 Å². The molecule has 0 aromatic carbocycles. The first-order chi connectivity index (χ1) is 5.34. The van der Waals surface area contributed by atoms with Crippen molar-refractivity contribution >= 4 is 5.78 Å². The van der Waals surface area contributed by atoms with E-state index < -0.39 is 0 Å². The Morgan fingerprint density at radius 2 is 2.45 bits per heavy atom. The van der Waals surface area contributed by atoms with Gasteiger partial charge in [-0.1, -0.05) is 19.8 Å². The van der Waals surface area contributed by atoms with Gasteiger partial charge in [0.25, 0.3) is 0 Å². The molecule has 1 fully saturated rings. The highest BCUT2D eigenvalue weighted by atomic mass is 16.1. The SMILES string of the molecule is CCCC[C@H]1CNCCC1=O. The van der Waals surface area contributed by atoms with E-state index in [1.54, 1.807) is 0 Å². The highest BCUT2D eigenvalue weighted by molar-refractivity contribution is 5.82. The summed E-state index contributed by atoms with van der Waals surface area (Å²) >= 11 is 0. The smallest absolute Gasteiger partial charge is 0.138 e. The van der Waals surface area contributed by atoms with E-state index in [-0.39, 0.29) is 0 Å². The van der Waals surface area contributed by atoms with Gasteiger partial charge >= 0.3 is 0 Å². The van der Waals surface area contributed by atoms with Crippen LogP contribution in [0.15, 0.2) is 0 Å². The molecule has 1 aliphatic rings. The second-order valence-corrected chi connectivity index (χ2v) is 3.26. The number of piperidine rings is 1. The van der Waals surface area contributed by atoms with E-state index in [0.717, 1.165) is 25.9 Å². The Morgan fingerprint density at radius 1 is 1.64 bits per heavy atom. The third-order valence-electron chi connectivity index (χ3n) is 2.30. The molecule has 0 aromatic heterocycles. The third-order valence-corrected chi connectivity index (χ3v) is 2.30. The Bertz CT molecular complexity index is 134. The van der Waals surface area contributed by atoms with Gasteiger partial charge in [0.15, 0.2) is 0 Å². The number of carbonyl (C=O) groups is 1. The molecule has 1 heterocycles. The highest BCUT2D eigenvalue weighted by Gasteiger charge is 2.20. The van der Waals surface area contributed by atoms with Gasteiger partial charge in [-0.25, -0.2) is 0 Å². The van der Waals surface area contributed by atoms with Crippen molar-refractivity contribution in [2.45, 2.75) is 32.6 Å². The van der Waals surface area contributed by atoms with Crippen LogP contribution in [0.3, 0.4) is 0 Å². The maximum atomic E-state index is 11.3. The summed E-state index contributed by atoms with van der Waals surface area (Å²) in [4.78, 5) is 11.3. The van der Waals surface area contributed by atoms with E-state index in [1.807, 2.05) is 0 Å². The van der Waals surface area contributed by atoms with Crippen LogP contribution in [-0.2, 0) is 4.79 Å². The lowest BCUT2D eigenvalue weighted by molar-refractivity contribution is -0.124. The number of carbonyl (C=O) groups excluding carboxylic acids is 1. The third kappa shape index (κ3) is 2.62. The number of hydrogen-bond donors (Lipinski definition) is 1. The second kappa shape index (κ2) is 4.50. The van der Waals surface area contributed by atoms with Crippen molar-refractivity contribution in [2.24, 2.45) is 5.92 Å². The van der Waals surface area contributed by atoms with Crippen molar-refractivity contribution in [2.75, 3.05) is 13.1 Å². The van der Waals surface area contributed by atoms with Crippen LogP contribution in [0.4, 0.5) is 0 Å². The Morgan fingerprint density at radius 3 is 3.09 bits per heavy atom. The van der Waals surface area contributed by atoms with Crippen LogP contribution in [0.25, 0.3) is 0 Å². The molecule has 1 N–H and O–H groups in total. The molecule has 0 bridgehead atoms. The summed E-state index contributed by atoms with van der Waals surface area (Å²) in [7, 11) is 0. The summed E-state index contributed by atoms with van der Waals surface area (Å²) in [5.74, 6) is 0.792. The summed E-state index contributed by atoms with van der Waals surface area (Å²) in [6.07, 6.45) is 4.22. The Hall–Kier alpha value is -0.370. The van der Waals surface area contributed by atoms with Gasteiger partial charge in [-0.2, -0.15) is 0 Å². The summed E-state index contributed by atoms with van der Waals surface area (Å²) in [6.45, 7) is 3.97. The molecule has 1 atom stereocenters. The van der Waals surface area contributed by atoms with Gasteiger partial charge in [0.05, 0.1) is 0 Å². The molecule has 2 nitrogen and oxygen atoms in total. The maximum absolute atomic E-state index is 11.3. The van der Waals surface area contributed by atoms with Gasteiger partial charge in [0.2, 0.25) is 0 Å². The number of ketones is 1. The number of Topliss-reactive ketones (excluding diaryl/α,β-unsaturated/α-hetero) is 1. The molecule has 0 unspecified atom stereocenters. The van der Waals surface area contributed by atoms with Gasteiger partial charge in [-0.3, -0.25) is 4.79 Å². The molecule has 0 spiro atoms. The maximum Gasteiger partial charge on any atom is 0.138 e. The largest absolute Gasteiger partial charge is 0.316 e. The molecule has 0 aromatic rings. The molecule has 0 amide bonds. The minimum atomic E-state index is 0.323. The van der Waals surface area contributed by atoms with Crippen LogP contribution in [-0.4, -0.2) is 18.9 Å². The first kappa shape index (κ1) is 8.72. The minimum absolute atomic E-state index is 0.323. The molecule has 11 heavy (non-hydrogen) atoms. The van der Waals surface area contributed by atoms with Gasteiger partial charge in [0, 0.05) is 25.4 Å². The van der Waals surface area contributed by atoms with Crippen molar-refractivity contribution in [3.8, 4) is 0 Å². The molecule has 1 aliphatic heterocycles. The predicted octanol–water partition coefficient (Wildman–Crippen LogP) is 1.36. The van der Waals surface area contributed by atoms with Crippen molar-refractivity contribution in [1.82, 2.24) is 5.32 Å². The van der Waals surface area contributed by atoms with Gasteiger partial charge in [0.1, 0.15) is 5.78 Å². The van der Waals surface area contributed by atoms with E-state index in [9.17, 15) is 4.79 Å². The van der Waals surface area contributed by atoms with E-state index in [2.05, 4.69) is 12.2 Å². The number of hydrogen-bond acceptors (Lipinski definition) is 2. The summed E-state index contributed by atoms with van der Waals surface area (Å²) in [5.41, 5.74) is 0. The molecule has 0 radical (unpaired) electrons. The molecule has 0 aliphatic carbocycles. The van der Waals surface area contributed by atoms with E-state index in [1.165, 1.54) is 12.8 Å². The molecule has 1 rings (SSSR count). The topological polar surface area (TPSA) is 29.1 Å². The quantitative estimate of drug-likeness (QED) is 0.666. The highest BCUT2D eigenvalue weighted by Crippen LogP contribution is 2.13. The molecule has 1 saturated heterocycles. The average Bonchev–Trinajstić information content (AvgIpc) is 2.03. The minimum Gasteiger partial charge on any atom is -0.316 e. The van der Waals surface area contributed by atoms with Crippen LogP contribution >= 0.6 is 0 Å². The van der Waals surface area contributed by atoms with E-state index in [4.69, 9.17) is 0 Å². The monoisotopic (exact) mass is 155 g/mol. The zero-order valence-corrected chi connectivity index (χ0v) is 7.23. The molecule has 0 saturated carbocycles. The zero-order valence-electron chi connectivity index (χ0n) is 7.23.